The van der Waals surface area contributed by atoms with Gasteiger partial charge in [0.05, 0.1) is 13.2 Å². The Bertz CT molecular complexity index is 147. The van der Waals surface area contributed by atoms with Crippen molar-refractivity contribution >= 4 is 12.0 Å². The predicted octanol–water partition coefficient (Wildman–Crippen LogP) is -0.392. The van der Waals surface area contributed by atoms with Crippen LogP contribution in [0.1, 0.15) is 13.3 Å². The molecule has 0 aliphatic carbocycles. The van der Waals surface area contributed by atoms with Crippen LogP contribution in [0.25, 0.3) is 0 Å². The molecule has 0 aromatic heterocycles. The fraction of sp³-hybridized carbons (Fsp3) is 0.667. The van der Waals surface area contributed by atoms with Gasteiger partial charge in [0.2, 0.25) is 5.91 Å². The molecule has 0 saturated carbocycles. The van der Waals surface area contributed by atoms with E-state index in [-0.39, 0.29) is 6.54 Å². The molecule has 0 aromatic carbocycles. The molecule has 64 valence electrons. The molecule has 0 saturated heterocycles. The number of nitrogens with one attached hydrogen (secondary N) is 1. The molecule has 0 bridgehead atoms. The van der Waals surface area contributed by atoms with Crippen LogP contribution in [0.2, 0.25) is 0 Å². The Morgan fingerprint density at radius 3 is 2.64 bits per heavy atom. The quantitative estimate of drug-likeness (QED) is 0.587. The molecule has 0 rings (SSSR count). The minimum absolute atomic E-state index is 0.178. The van der Waals surface area contributed by atoms with Gasteiger partial charge in [-0.3, -0.25) is 4.79 Å². The van der Waals surface area contributed by atoms with Gasteiger partial charge in [-0.1, -0.05) is 6.92 Å². The van der Waals surface area contributed by atoms with Crippen molar-refractivity contribution in [3.05, 3.63) is 0 Å². The van der Waals surface area contributed by atoms with E-state index in [0.29, 0.717) is 6.61 Å². The number of carbonyl (C=O) groups excluding carboxylic acids is 2. The lowest BCUT2D eigenvalue weighted by Gasteiger charge is -2.02. The Hall–Kier alpha value is -1.26. The van der Waals surface area contributed by atoms with Crippen molar-refractivity contribution in [1.29, 1.82) is 0 Å². The third-order valence-electron chi connectivity index (χ3n) is 0.844. The van der Waals surface area contributed by atoms with Crippen LogP contribution in [0.5, 0.6) is 0 Å². The smallest absolute Gasteiger partial charge is 0.407 e. The molecule has 5 nitrogen and oxygen atoms in total. The summed E-state index contributed by atoms with van der Waals surface area (Å²) in [5.74, 6) is -0.585. The van der Waals surface area contributed by atoms with E-state index in [1.165, 1.54) is 0 Å². The highest BCUT2D eigenvalue weighted by atomic mass is 16.5. The Morgan fingerprint density at radius 2 is 2.18 bits per heavy atom. The first-order valence-electron chi connectivity index (χ1n) is 3.35. The molecule has 0 aliphatic rings. The van der Waals surface area contributed by atoms with Crippen molar-refractivity contribution in [3.8, 4) is 0 Å². The summed E-state index contributed by atoms with van der Waals surface area (Å²) >= 11 is 0. The minimum Gasteiger partial charge on any atom is -0.450 e. The maximum atomic E-state index is 10.6. The van der Waals surface area contributed by atoms with Crippen LogP contribution in [-0.4, -0.2) is 25.2 Å². The van der Waals surface area contributed by atoms with Crippen molar-refractivity contribution in [2.75, 3.05) is 13.2 Å². The van der Waals surface area contributed by atoms with Crippen LogP contribution < -0.4 is 11.1 Å². The topological polar surface area (TPSA) is 81.4 Å². The summed E-state index contributed by atoms with van der Waals surface area (Å²) in [6, 6.07) is 0. The summed E-state index contributed by atoms with van der Waals surface area (Å²) in [7, 11) is 0. The van der Waals surface area contributed by atoms with Gasteiger partial charge in [0, 0.05) is 0 Å². The van der Waals surface area contributed by atoms with E-state index in [0.717, 1.165) is 6.42 Å². The largest absolute Gasteiger partial charge is 0.450 e. The van der Waals surface area contributed by atoms with E-state index in [1.807, 2.05) is 6.92 Å². The average molecular weight is 160 g/mol. The molecule has 0 unspecified atom stereocenters. The number of hydrogen-bond donors (Lipinski definition) is 2. The van der Waals surface area contributed by atoms with E-state index in [2.05, 4.69) is 10.1 Å². The molecule has 0 aromatic rings. The molecule has 5 heteroatoms. The second kappa shape index (κ2) is 5.52. The minimum atomic E-state index is -0.606. The number of primary amides is 1. The van der Waals surface area contributed by atoms with Gasteiger partial charge in [-0.2, -0.15) is 0 Å². The van der Waals surface area contributed by atoms with Crippen molar-refractivity contribution in [3.63, 3.8) is 0 Å². The zero-order chi connectivity index (χ0) is 8.69. The summed E-state index contributed by atoms with van der Waals surface area (Å²) in [6.45, 7) is 2.05. The van der Waals surface area contributed by atoms with E-state index in [9.17, 15) is 9.59 Å². The fourth-order valence-electron chi connectivity index (χ4n) is 0.405. The van der Waals surface area contributed by atoms with E-state index in [4.69, 9.17) is 5.73 Å². The first-order chi connectivity index (χ1) is 5.16. The summed E-state index contributed by atoms with van der Waals surface area (Å²) in [4.78, 5) is 20.7. The third-order valence-corrected chi connectivity index (χ3v) is 0.844. The van der Waals surface area contributed by atoms with Gasteiger partial charge >= 0.3 is 6.09 Å². The van der Waals surface area contributed by atoms with E-state index >= 15 is 0 Å². The molecular weight excluding hydrogens is 148 g/mol. The van der Waals surface area contributed by atoms with Gasteiger partial charge < -0.3 is 15.8 Å². The maximum Gasteiger partial charge on any atom is 0.407 e. The number of amides is 2. The van der Waals surface area contributed by atoms with Gasteiger partial charge in [0.25, 0.3) is 0 Å². The molecule has 0 aliphatic heterocycles. The Balaban J connectivity index is 3.30. The van der Waals surface area contributed by atoms with Gasteiger partial charge in [0.1, 0.15) is 0 Å². The molecule has 0 fully saturated rings. The van der Waals surface area contributed by atoms with E-state index in [1.54, 1.807) is 0 Å². The van der Waals surface area contributed by atoms with Crippen LogP contribution in [0.4, 0.5) is 4.79 Å². The molecule has 0 atom stereocenters. The van der Waals surface area contributed by atoms with Gasteiger partial charge in [0.15, 0.2) is 0 Å². The number of nitrogens with two attached hydrogens (primary N) is 1. The molecule has 11 heavy (non-hydrogen) atoms. The van der Waals surface area contributed by atoms with Crippen molar-refractivity contribution in [2.45, 2.75) is 13.3 Å². The zero-order valence-electron chi connectivity index (χ0n) is 6.42. The average Bonchev–Trinajstić information content (AvgIpc) is 1.97. The highest BCUT2D eigenvalue weighted by Crippen LogP contribution is 1.80. The highest BCUT2D eigenvalue weighted by Gasteiger charge is 2.00. The van der Waals surface area contributed by atoms with Crippen LogP contribution in [0.15, 0.2) is 0 Å². The second-order valence-electron chi connectivity index (χ2n) is 1.96. The molecule has 2 amide bonds. The summed E-state index contributed by atoms with van der Waals surface area (Å²) in [5.41, 5.74) is 4.76. The van der Waals surface area contributed by atoms with Crippen LogP contribution in [-0.2, 0) is 9.53 Å². The normalized spacial score (nSPS) is 8.82. The van der Waals surface area contributed by atoms with Gasteiger partial charge in [-0.05, 0) is 6.42 Å². The molecule has 3 N–H and O–H groups in total. The summed E-state index contributed by atoms with van der Waals surface area (Å²) < 4.78 is 4.58. The Morgan fingerprint density at radius 1 is 1.55 bits per heavy atom. The zero-order valence-corrected chi connectivity index (χ0v) is 6.42. The van der Waals surface area contributed by atoms with E-state index < -0.39 is 12.0 Å². The van der Waals surface area contributed by atoms with Crippen LogP contribution >= 0.6 is 0 Å². The first kappa shape index (κ1) is 9.74. The summed E-state index contributed by atoms with van der Waals surface area (Å²) in [6.07, 6.45) is 0.148. The van der Waals surface area contributed by atoms with Crippen molar-refractivity contribution in [2.24, 2.45) is 5.73 Å². The third kappa shape index (κ3) is 6.63. The maximum absolute atomic E-state index is 10.6. The SMILES string of the molecule is CCCOC(=O)NCC(N)=O. The summed E-state index contributed by atoms with van der Waals surface area (Å²) in [5, 5.41) is 2.18. The number of rotatable bonds is 4. The molecular formula is C6H12N2O3. The Kier molecular flexibility index (Phi) is 4.89. The number of alkyl carbamates (subject to hydrolysis) is 1. The highest BCUT2D eigenvalue weighted by molar-refractivity contribution is 5.80. The number of ether oxygens (including phenoxy) is 1. The molecule has 0 radical (unpaired) electrons. The first-order valence-corrected chi connectivity index (χ1v) is 3.35. The predicted molar refractivity (Wildman–Crippen MR) is 38.8 cm³/mol. The van der Waals surface area contributed by atoms with Crippen LogP contribution in [0, 0.1) is 0 Å². The molecule has 0 spiro atoms. The lowest BCUT2D eigenvalue weighted by atomic mass is 10.5. The number of carbonyl (C=O) groups is 2. The Labute approximate surface area is 64.9 Å². The second-order valence-corrected chi connectivity index (χ2v) is 1.96. The van der Waals surface area contributed by atoms with Gasteiger partial charge in [-0.25, -0.2) is 4.79 Å². The monoisotopic (exact) mass is 160 g/mol. The lowest BCUT2D eigenvalue weighted by Crippen LogP contribution is -2.33. The molecule has 0 heterocycles. The fourth-order valence-corrected chi connectivity index (χ4v) is 0.405. The standard InChI is InChI=1S/C6H12N2O3/c1-2-3-11-6(10)8-4-5(7)9/h2-4H2,1H3,(H2,7,9)(H,8,10). The number of hydrogen-bond acceptors (Lipinski definition) is 3. The van der Waals surface area contributed by atoms with Gasteiger partial charge in [-0.15, -0.1) is 0 Å². The van der Waals surface area contributed by atoms with Crippen molar-refractivity contribution in [1.82, 2.24) is 5.32 Å². The lowest BCUT2D eigenvalue weighted by molar-refractivity contribution is -0.117. The van der Waals surface area contributed by atoms with Crippen molar-refractivity contribution < 1.29 is 14.3 Å². The van der Waals surface area contributed by atoms with Crippen LogP contribution in [0.3, 0.4) is 0 Å².